The van der Waals surface area contributed by atoms with Gasteiger partial charge in [0.25, 0.3) is 5.69 Å². The Bertz CT molecular complexity index is 1370. The van der Waals surface area contributed by atoms with E-state index in [1.165, 1.54) is 6.07 Å². The number of hydrogen-bond donors (Lipinski definition) is 0. The van der Waals surface area contributed by atoms with E-state index in [2.05, 4.69) is 15.0 Å². The maximum Gasteiger partial charge on any atom is 0.293 e. The molecule has 0 aliphatic carbocycles. The largest absolute Gasteiger partial charge is 0.363 e. The van der Waals surface area contributed by atoms with Gasteiger partial charge in [0, 0.05) is 48.9 Å². The van der Waals surface area contributed by atoms with Gasteiger partial charge in [-0.2, -0.15) is 4.98 Å². The average molecular weight is 484 g/mol. The highest BCUT2D eigenvalue weighted by atomic mass is 16.6. The van der Waals surface area contributed by atoms with Crippen LogP contribution < -0.4 is 4.90 Å². The van der Waals surface area contributed by atoms with Crippen LogP contribution in [0.2, 0.25) is 0 Å². The third-order valence-corrected chi connectivity index (χ3v) is 6.50. The number of hydrogen-bond acceptors (Lipinski definition) is 8. The Labute approximate surface area is 208 Å². The van der Waals surface area contributed by atoms with E-state index in [1.807, 2.05) is 48.2 Å². The number of nitrogens with zero attached hydrogens (tertiary/aromatic N) is 5. The Hall–Kier alpha value is -4.37. The van der Waals surface area contributed by atoms with E-state index in [-0.39, 0.29) is 17.5 Å². The normalized spacial score (nSPS) is 15.0. The molecule has 0 bridgehead atoms. The number of carbonyl (C=O) groups excluding carboxylic acids is 1. The van der Waals surface area contributed by atoms with Crippen LogP contribution in [0, 0.1) is 10.1 Å². The molecule has 1 aliphatic heterocycles. The van der Waals surface area contributed by atoms with Crippen LogP contribution in [0.15, 0.2) is 83.4 Å². The summed E-state index contributed by atoms with van der Waals surface area (Å²) in [6.07, 6.45) is 0. The Morgan fingerprint density at radius 1 is 0.944 bits per heavy atom. The molecule has 1 aromatic heterocycles. The topological polar surface area (TPSA) is 106 Å². The molecular formula is C27H25N5O4. The molecule has 5 rings (SSSR count). The van der Waals surface area contributed by atoms with Crippen molar-refractivity contribution in [3.63, 3.8) is 0 Å². The first-order chi connectivity index (χ1) is 17.5. The minimum absolute atomic E-state index is 0.0670. The minimum Gasteiger partial charge on any atom is -0.363 e. The zero-order valence-corrected chi connectivity index (χ0v) is 19.8. The first-order valence-electron chi connectivity index (χ1n) is 11.8. The SMILES string of the molecule is CC(c1nc(-c2ccccc2)no1)N1CCN(c2ccc(C(=O)c3ccccc3)cc2[N+](=O)[O-])CC1. The molecule has 0 N–H and O–H groups in total. The molecule has 0 radical (unpaired) electrons. The molecule has 0 spiro atoms. The summed E-state index contributed by atoms with van der Waals surface area (Å²) in [6, 6.07) is 23.1. The van der Waals surface area contributed by atoms with Gasteiger partial charge in [-0.3, -0.25) is 19.8 Å². The summed E-state index contributed by atoms with van der Waals surface area (Å²) in [6.45, 7) is 4.55. The van der Waals surface area contributed by atoms with Gasteiger partial charge in [0.2, 0.25) is 11.7 Å². The molecule has 9 heteroatoms. The summed E-state index contributed by atoms with van der Waals surface area (Å²) >= 11 is 0. The molecular weight excluding hydrogens is 458 g/mol. The van der Waals surface area contributed by atoms with E-state index < -0.39 is 4.92 Å². The summed E-state index contributed by atoms with van der Waals surface area (Å²) in [5.41, 5.74) is 2.14. The molecule has 36 heavy (non-hydrogen) atoms. The van der Waals surface area contributed by atoms with Crippen LogP contribution in [0.4, 0.5) is 11.4 Å². The molecule has 1 fully saturated rings. The number of nitro benzene ring substituents is 1. The van der Waals surface area contributed by atoms with Crippen LogP contribution in [0.25, 0.3) is 11.4 Å². The lowest BCUT2D eigenvalue weighted by atomic mass is 10.0. The lowest BCUT2D eigenvalue weighted by molar-refractivity contribution is -0.384. The third kappa shape index (κ3) is 4.73. The van der Waals surface area contributed by atoms with Crippen molar-refractivity contribution in [3.05, 3.63) is 106 Å². The summed E-state index contributed by atoms with van der Waals surface area (Å²) in [5.74, 6) is 0.854. The molecule has 1 atom stereocenters. The fourth-order valence-corrected chi connectivity index (χ4v) is 4.45. The van der Waals surface area contributed by atoms with Gasteiger partial charge in [0.1, 0.15) is 5.69 Å². The van der Waals surface area contributed by atoms with Crippen molar-refractivity contribution in [2.75, 3.05) is 31.1 Å². The molecule has 1 unspecified atom stereocenters. The molecule has 0 amide bonds. The number of piperazine rings is 1. The lowest BCUT2D eigenvalue weighted by Crippen LogP contribution is -2.47. The zero-order chi connectivity index (χ0) is 25.1. The van der Waals surface area contributed by atoms with Gasteiger partial charge in [0.05, 0.1) is 11.0 Å². The van der Waals surface area contributed by atoms with Crippen LogP contribution in [-0.2, 0) is 0 Å². The van der Waals surface area contributed by atoms with E-state index in [0.29, 0.717) is 54.7 Å². The molecule has 182 valence electrons. The number of rotatable bonds is 7. The van der Waals surface area contributed by atoms with E-state index in [4.69, 9.17) is 4.52 Å². The summed E-state index contributed by atoms with van der Waals surface area (Å²) in [5, 5.41) is 16.0. The van der Waals surface area contributed by atoms with Crippen molar-refractivity contribution in [1.29, 1.82) is 0 Å². The quantitative estimate of drug-likeness (QED) is 0.210. The Kier molecular flexibility index (Phi) is 6.55. The first kappa shape index (κ1) is 23.4. The second-order valence-electron chi connectivity index (χ2n) is 8.68. The number of ketones is 1. The monoisotopic (exact) mass is 483 g/mol. The van der Waals surface area contributed by atoms with E-state index in [9.17, 15) is 14.9 Å². The highest BCUT2D eigenvalue weighted by Gasteiger charge is 2.29. The molecule has 1 aliphatic rings. The molecule has 9 nitrogen and oxygen atoms in total. The Morgan fingerprint density at radius 3 is 2.28 bits per heavy atom. The molecule has 0 saturated carbocycles. The first-order valence-corrected chi connectivity index (χ1v) is 11.8. The van der Waals surface area contributed by atoms with E-state index in [0.717, 1.165) is 5.56 Å². The minimum atomic E-state index is -0.421. The van der Waals surface area contributed by atoms with Crippen LogP contribution in [-0.4, -0.2) is 51.9 Å². The number of aromatic nitrogens is 2. The van der Waals surface area contributed by atoms with Crippen LogP contribution in [0.5, 0.6) is 0 Å². The lowest BCUT2D eigenvalue weighted by Gasteiger charge is -2.37. The van der Waals surface area contributed by atoms with Crippen molar-refractivity contribution in [1.82, 2.24) is 15.0 Å². The smallest absolute Gasteiger partial charge is 0.293 e. The molecule has 3 aromatic carbocycles. The maximum atomic E-state index is 12.8. The predicted octanol–water partition coefficient (Wildman–Crippen LogP) is 4.76. The molecule has 4 aromatic rings. The van der Waals surface area contributed by atoms with E-state index in [1.54, 1.807) is 36.4 Å². The Morgan fingerprint density at radius 2 is 1.61 bits per heavy atom. The van der Waals surface area contributed by atoms with Crippen LogP contribution >= 0.6 is 0 Å². The van der Waals surface area contributed by atoms with Gasteiger partial charge >= 0.3 is 0 Å². The summed E-state index contributed by atoms with van der Waals surface area (Å²) in [7, 11) is 0. The number of carbonyl (C=O) groups is 1. The maximum absolute atomic E-state index is 12.8. The Balaban J connectivity index is 1.28. The molecule has 2 heterocycles. The van der Waals surface area contributed by atoms with E-state index >= 15 is 0 Å². The number of anilines is 1. The van der Waals surface area contributed by atoms with Gasteiger partial charge in [-0.15, -0.1) is 0 Å². The number of benzene rings is 3. The average Bonchev–Trinajstić information content (AvgIpc) is 3.43. The van der Waals surface area contributed by atoms with Crippen molar-refractivity contribution < 1.29 is 14.2 Å². The third-order valence-electron chi connectivity index (χ3n) is 6.50. The van der Waals surface area contributed by atoms with Crippen LogP contribution in [0.1, 0.15) is 34.8 Å². The van der Waals surface area contributed by atoms with Gasteiger partial charge in [-0.1, -0.05) is 65.8 Å². The second-order valence-corrected chi connectivity index (χ2v) is 8.68. The van der Waals surface area contributed by atoms with Gasteiger partial charge < -0.3 is 9.42 Å². The summed E-state index contributed by atoms with van der Waals surface area (Å²) < 4.78 is 5.53. The fourth-order valence-electron chi connectivity index (χ4n) is 4.45. The molecule has 1 saturated heterocycles. The van der Waals surface area contributed by atoms with Gasteiger partial charge in [0.15, 0.2) is 5.78 Å². The second kappa shape index (κ2) is 10.1. The standard InChI is InChI=1S/C27H25N5O4/c1-19(27-28-26(29-36-27)21-10-6-3-7-11-21)30-14-16-31(17-15-30)23-13-12-22(18-24(23)32(34)35)25(33)20-8-4-2-5-9-20/h2-13,18-19H,14-17H2,1H3. The summed E-state index contributed by atoms with van der Waals surface area (Å²) in [4.78, 5) is 33.0. The predicted molar refractivity (Wildman–Crippen MR) is 135 cm³/mol. The zero-order valence-electron chi connectivity index (χ0n) is 19.8. The van der Waals surface area contributed by atoms with Crippen molar-refractivity contribution in [2.24, 2.45) is 0 Å². The van der Waals surface area contributed by atoms with Gasteiger partial charge in [-0.25, -0.2) is 0 Å². The van der Waals surface area contributed by atoms with Crippen LogP contribution in [0.3, 0.4) is 0 Å². The highest BCUT2D eigenvalue weighted by Crippen LogP contribution is 2.32. The number of nitro groups is 1. The van der Waals surface area contributed by atoms with Gasteiger partial charge in [-0.05, 0) is 19.1 Å². The highest BCUT2D eigenvalue weighted by molar-refractivity contribution is 6.09. The van der Waals surface area contributed by atoms with Crippen molar-refractivity contribution in [3.8, 4) is 11.4 Å². The fraction of sp³-hybridized carbons (Fsp3) is 0.222. The van der Waals surface area contributed by atoms with Crippen molar-refractivity contribution >= 4 is 17.2 Å². The van der Waals surface area contributed by atoms with Crippen molar-refractivity contribution in [2.45, 2.75) is 13.0 Å².